The first-order valence-electron chi connectivity index (χ1n) is 7.78. The number of amides is 1. The standard InChI is InChI=1S/C17H19ClFN3O/c18-10-17(23)21(11-13-4-6-14(19)7-5-13)12-16-8-9-20-22(16)15-2-1-3-15/h4-9,15H,1-3,10-12H2. The van der Waals surface area contributed by atoms with E-state index >= 15 is 0 Å². The number of benzene rings is 1. The summed E-state index contributed by atoms with van der Waals surface area (Å²) in [5, 5.41) is 4.39. The van der Waals surface area contributed by atoms with Gasteiger partial charge in [-0.3, -0.25) is 9.48 Å². The molecule has 3 rings (SSSR count). The molecule has 2 aromatic rings. The Bertz CT molecular complexity index is 667. The number of nitrogens with zero attached hydrogens (tertiary/aromatic N) is 3. The van der Waals surface area contributed by atoms with E-state index in [-0.39, 0.29) is 17.6 Å². The smallest absolute Gasteiger partial charge is 0.238 e. The quantitative estimate of drug-likeness (QED) is 0.758. The van der Waals surface area contributed by atoms with Gasteiger partial charge in [0.1, 0.15) is 11.7 Å². The highest BCUT2D eigenvalue weighted by Crippen LogP contribution is 2.32. The second-order valence-corrected chi connectivity index (χ2v) is 6.13. The third kappa shape index (κ3) is 3.72. The number of carbonyl (C=O) groups is 1. The largest absolute Gasteiger partial charge is 0.331 e. The van der Waals surface area contributed by atoms with Gasteiger partial charge in [0.05, 0.1) is 18.3 Å². The molecule has 0 aliphatic heterocycles. The molecule has 1 aliphatic rings. The van der Waals surface area contributed by atoms with Crippen LogP contribution in [0, 0.1) is 5.82 Å². The van der Waals surface area contributed by atoms with Crippen molar-refractivity contribution in [3.05, 3.63) is 53.6 Å². The van der Waals surface area contributed by atoms with Crippen molar-refractivity contribution in [2.75, 3.05) is 5.88 Å². The van der Waals surface area contributed by atoms with E-state index in [2.05, 4.69) is 5.10 Å². The fourth-order valence-corrected chi connectivity index (χ4v) is 2.92. The van der Waals surface area contributed by atoms with Gasteiger partial charge in [-0.2, -0.15) is 5.10 Å². The molecule has 0 radical (unpaired) electrons. The zero-order chi connectivity index (χ0) is 16.2. The lowest BCUT2D eigenvalue weighted by molar-refractivity contribution is -0.129. The van der Waals surface area contributed by atoms with Gasteiger partial charge in [0.15, 0.2) is 0 Å². The van der Waals surface area contributed by atoms with Gasteiger partial charge in [0.25, 0.3) is 0 Å². The molecular formula is C17H19ClFN3O. The van der Waals surface area contributed by atoms with E-state index in [1.54, 1.807) is 23.2 Å². The minimum Gasteiger partial charge on any atom is -0.331 e. The summed E-state index contributed by atoms with van der Waals surface area (Å²) in [6.07, 6.45) is 5.27. The summed E-state index contributed by atoms with van der Waals surface area (Å²) >= 11 is 5.75. The Labute approximate surface area is 139 Å². The monoisotopic (exact) mass is 335 g/mol. The predicted octanol–water partition coefficient (Wildman–Crippen LogP) is 3.51. The van der Waals surface area contributed by atoms with Crippen LogP contribution in [0.2, 0.25) is 0 Å². The van der Waals surface area contributed by atoms with Crippen LogP contribution < -0.4 is 0 Å². The van der Waals surface area contributed by atoms with E-state index in [1.165, 1.54) is 18.6 Å². The van der Waals surface area contributed by atoms with Crippen LogP contribution in [0.3, 0.4) is 0 Å². The van der Waals surface area contributed by atoms with Gasteiger partial charge in [-0.15, -0.1) is 11.6 Å². The third-order valence-corrected chi connectivity index (χ3v) is 4.51. The third-order valence-electron chi connectivity index (χ3n) is 4.28. The molecule has 0 bridgehead atoms. The topological polar surface area (TPSA) is 38.1 Å². The van der Waals surface area contributed by atoms with E-state index in [9.17, 15) is 9.18 Å². The summed E-state index contributed by atoms with van der Waals surface area (Å²) in [6, 6.07) is 8.56. The van der Waals surface area contributed by atoms with Crippen LogP contribution in [-0.2, 0) is 17.9 Å². The molecule has 4 nitrogen and oxygen atoms in total. The number of rotatable bonds is 6. The molecule has 1 saturated carbocycles. The normalized spacial score (nSPS) is 14.5. The Kier molecular flexibility index (Phi) is 4.96. The van der Waals surface area contributed by atoms with Crippen molar-refractivity contribution in [3.63, 3.8) is 0 Å². The van der Waals surface area contributed by atoms with E-state index in [0.717, 1.165) is 24.1 Å². The molecule has 0 spiro atoms. The van der Waals surface area contributed by atoms with Crippen molar-refractivity contribution in [2.45, 2.75) is 38.4 Å². The summed E-state index contributed by atoms with van der Waals surface area (Å²) in [4.78, 5) is 13.9. The zero-order valence-electron chi connectivity index (χ0n) is 12.8. The van der Waals surface area contributed by atoms with E-state index in [4.69, 9.17) is 11.6 Å². The van der Waals surface area contributed by atoms with Crippen LogP contribution in [-0.4, -0.2) is 26.5 Å². The number of carbonyl (C=O) groups excluding carboxylic acids is 1. The van der Waals surface area contributed by atoms with Crippen LogP contribution >= 0.6 is 11.6 Å². The average molecular weight is 336 g/mol. The van der Waals surface area contributed by atoms with Gasteiger partial charge in [-0.05, 0) is 43.0 Å². The Morgan fingerprint density at radius 2 is 2.00 bits per heavy atom. The Morgan fingerprint density at radius 3 is 2.61 bits per heavy atom. The molecule has 1 fully saturated rings. The molecule has 6 heteroatoms. The number of hydrogen-bond acceptors (Lipinski definition) is 2. The summed E-state index contributed by atoms with van der Waals surface area (Å²) in [6.45, 7) is 0.862. The lowest BCUT2D eigenvalue weighted by atomic mass is 9.93. The molecular weight excluding hydrogens is 317 g/mol. The van der Waals surface area contributed by atoms with Gasteiger partial charge in [0.2, 0.25) is 5.91 Å². The van der Waals surface area contributed by atoms with Gasteiger partial charge >= 0.3 is 0 Å². The van der Waals surface area contributed by atoms with Crippen molar-refractivity contribution in [3.8, 4) is 0 Å². The molecule has 1 heterocycles. The molecule has 0 unspecified atom stereocenters. The minimum atomic E-state index is -0.285. The van der Waals surface area contributed by atoms with Crippen molar-refractivity contribution >= 4 is 17.5 Å². The van der Waals surface area contributed by atoms with Crippen LogP contribution in [0.1, 0.15) is 36.6 Å². The highest BCUT2D eigenvalue weighted by molar-refractivity contribution is 6.27. The number of halogens is 2. The fourth-order valence-electron chi connectivity index (χ4n) is 2.75. The van der Waals surface area contributed by atoms with Gasteiger partial charge in [-0.1, -0.05) is 12.1 Å². The summed E-state index contributed by atoms with van der Waals surface area (Å²) in [7, 11) is 0. The zero-order valence-corrected chi connectivity index (χ0v) is 13.5. The van der Waals surface area contributed by atoms with Crippen LogP contribution in [0.25, 0.3) is 0 Å². The molecule has 1 aromatic carbocycles. The molecule has 23 heavy (non-hydrogen) atoms. The maximum absolute atomic E-state index is 13.0. The van der Waals surface area contributed by atoms with Crippen LogP contribution in [0.5, 0.6) is 0 Å². The number of hydrogen-bond donors (Lipinski definition) is 0. The van der Waals surface area contributed by atoms with Crippen molar-refractivity contribution in [1.29, 1.82) is 0 Å². The Hall–Kier alpha value is -1.88. The molecule has 0 N–H and O–H groups in total. The second kappa shape index (κ2) is 7.13. The highest BCUT2D eigenvalue weighted by Gasteiger charge is 2.23. The van der Waals surface area contributed by atoms with E-state index in [0.29, 0.717) is 19.1 Å². The highest BCUT2D eigenvalue weighted by atomic mass is 35.5. The Morgan fingerprint density at radius 1 is 1.26 bits per heavy atom. The molecule has 0 atom stereocenters. The fraction of sp³-hybridized carbons (Fsp3) is 0.412. The maximum Gasteiger partial charge on any atom is 0.238 e. The number of aromatic nitrogens is 2. The molecule has 0 saturated heterocycles. The first kappa shape index (κ1) is 16.0. The molecule has 1 aromatic heterocycles. The van der Waals surface area contributed by atoms with E-state index < -0.39 is 0 Å². The van der Waals surface area contributed by atoms with Gasteiger partial charge < -0.3 is 4.90 Å². The Balaban J connectivity index is 1.75. The SMILES string of the molecule is O=C(CCl)N(Cc1ccc(F)cc1)Cc1ccnn1C1CCC1. The first-order chi connectivity index (χ1) is 11.2. The lowest BCUT2D eigenvalue weighted by Crippen LogP contribution is -2.33. The molecule has 1 amide bonds. The summed E-state index contributed by atoms with van der Waals surface area (Å²) < 4.78 is 15.0. The van der Waals surface area contributed by atoms with Crippen LogP contribution in [0.15, 0.2) is 36.5 Å². The number of alkyl halides is 1. The van der Waals surface area contributed by atoms with Crippen molar-refractivity contribution in [2.24, 2.45) is 0 Å². The molecule has 1 aliphatic carbocycles. The van der Waals surface area contributed by atoms with Crippen molar-refractivity contribution in [1.82, 2.24) is 14.7 Å². The second-order valence-electron chi connectivity index (χ2n) is 5.86. The lowest BCUT2D eigenvalue weighted by Gasteiger charge is -2.29. The average Bonchev–Trinajstić information content (AvgIpc) is 2.94. The summed E-state index contributed by atoms with van der Waals surface area (Å²) in [5.74, 6) is -0.497. The van der Waals surface area contributed by atoms with Gasteiger partial charge in [-0.25, -0.2) is 4.39 Å². The van der Waals surface area contributed by atoms with Gasteiger partial charge in [0, 0.05) is 12.7 Å². The van der Waals surface area contributed by atoms with E-state index in [1.807, 2.05) is 10.7 Å². The first-order valence-corrected chi connectivity index (χ1v) is 8.31. The maximum atomic E-state index is 13.0. The summed E-state index contributed by atoms with van der Waals surface area (Å²) in [5.41, 5.74) is 1.88. The molecule has 122 valence electrons. The predicted molar refractivity (Wildman–Crippen MR) is 86.5 cm³/mol. The van der Waals surface area contributed by atoms with Crippen LogP contribution in [0.4, 0.5) is 4.39 Å². The van der Waals surface area contributed by atoms with Crippen molar-refractivity contribution < 1.29 is 9.18 Å². The minimum absolute atomic E-state index is 0.0707.